The molecule has 0 saturated carbocycles. The second-order valence-electron chi connectivity index (χ2n) is 5.01. The predicted octanol–water partition coefficient (Wildman–Crippen LogP) is 1.81. The van der Waals surface area contributed by atoms with Gasteiger partial charge in [-0.3, -0.25) is 0 Å². The maximum Gasteiger partial charge on any atom is 0.191 e. The Balaban J connectivity index is 1.69. The largest absolute Gasteiger partial charge is 0.357 e. The molecule has 6 heteroatoms. The van der Waals surface area contributed by atoms with Crippen molar-refractivity contribution < 1.29 is 0 Å². The number of aromatic nitrogens is 3. The van der Waals surface area contributed by atoms with Crippen LogP contribution in [0.15, 0.2) is 48.0 Å². The van der Waals surface area contributed by atoms with E-state index >= 15 is 0 Å². The molecule has 0 aliphatic heterocycles. The van der Waals surface area contributed by atoms with Gasteiger partial charge >= 0.3 is 0 Å². The van der Waals surface area contributed by atoms with Crippen LogP contribution in [0.2, 0.25) is 0 Å². The van der Waals surface area contributed by atoms with Gasteiger partial charge in [-0.1, -0.05) is 30.3 Å². The van der Waals surface area contributed by atoms with E-state index in [9.17, 15) is 0 Å². The van der Waals surface area contributed by atoms with Crippen molar-refractivity contribution in [1.29, 1.82) is 0 Å². The zero-order valence-electron chi connectivity index (χ0n) is 13.1. The topological polar surface area (TPSA) is 67.1 Å². The van der Waals surface area contributed by atoms with E-state index in [-0.39, 0.29) is 0 Å². The molecule has 1 aromatic carbocycles. The average molecular weight is 300 g/mol. The molecule has 0 spiro atoms. The standard InChI is InChI=1S/C16H24N6/c1-2-17-16(19-12-15-8-4-3-5-9-15)18-10-6-7-11-22-13-20-21-14-22/h3-5,8-9,13-14H,2,6-7,10-12H2,1H3,(H2,17,18,19). The first-order valence-electron chi connectivity index (χ1n) is 7.77. The van der Waals surface area contributed by atoms with E-state index in [0.29, 0.717) is 6.54 Å². The van der Waals surface area contributed by atoms with Crippen LogP contribution in [0.25, 0.3) is 0 Å². The minimum Gasteiger partial charge on any atom is -0.357 e. The summed E-state index contributed by atoms with van der Waals surface area (Å²) in [5.74, 6) is 0.871. The third-order valence-electron chi connectivity index (χ3n) is 3.21. The number of rotatable bonds is 8. The number of hydrogen-bond acceptors (Lipinski definition) is 3. The first kappa shape index (κ1) is 16.0. The Bertz CT molecular complexity index is 535. The van der Waals surface area contributed by atoms with E-state index in [1.54, 1.807) is 12.7 Å². The van der Waals surface area contributed by atoms with Gasteiger partial charge in [0.25, 0.3) is 0 Å². The van der Waals surface area contributed by atoms with Crippen LogP contribution < -0.4 is 10.6 Å². The highest BCUT2D eigenvalue weighted by molar-refractivity contribution is 5.79. The van der Waals surface area contributed by atoms with Crippen LogP contribution in [0.5, 0.6) is 0 Å². The number of aryl methyl sites for hydroxylation is 1. The lowest BCUT2D eigenvalue weighted by atomic mass is 10.2. The zero-order valence-corrected chi connectivity index (χ0v) is 13.1. The third kappa shape index (κ3) is 5.95. The molecule has 0 aliphatic rings. The van der Waals surface area contributed by atoms with Crippen molar-refractivity contribution in [2.24, 2.45) is 4.99 Å². The summed E-state index contributed by atoms with van der Waals surface area (Å²) >= 11 is 0. The van der Waals surface area contributed by atoms with Gasteiger partial charge in [0, 0.05) is 19.6 Å². The Morgan fingerprint density at radius 2 is 1.86 bits per heavy atom. The number of benzene rings is 1. The van der Waals surface area contributed by atoms with Crippen LogP contribution in [0, 0.1) is 0 Å². The molecular formula is C16H24N6. The lowest BCUT2D eigenvalue weighted by Gasteiger charge is -2.11. The number of nitrogens with one attached hydrogen (secondary N) is 2. The smallest absolute Gasteiger partial charge is 0.191 e. The monoisotopic (exact) mass is 300 g/mol. The molecule has 0 atom stereocenters. The van der Waals surface area contributed by atoms with Crippen molar-refractivity contribution in [2.45, 2.75) is 32.9 Å². The number of unbranched alkanes of at least 4 members (excludes halogenated alkanes) is 1. The molecule has 2 aromatic rings. The summed E-state index contributed by atoms with van der Waals surface area (Å²) in [5, 5.41) is 14.2. The Hall–Kier alpha value is -2.37. The van der Waals surface area contributed by atoms with Gasteiger partial charge in [0.15, 0.2) is 5.96 Å². The normalized spacial score (nSPS) is 11.4. The molecule has 0 radical (unpaired) electrons. The lowest BCUT2D eigenvalue weighted by Crippen LogP contribution is -2.37. The quantitative estimate of drug-likeness (QED) is 0.443. The number of guanidine groups is 1. The highest BCUT2D eigenvalue weighted by atomic mass is 15.2. The van der Waals surface area contributed by atoms with Gasteiger partial charge in [0.05, 0.1) is 6.54 Å². The Labute approximate surface area is 131 Å². The fourth-order valence-electron chi connectivity index (χ4n) is 2.06. The highest BCUT2D eigenvalue weighted by Gasteiger charge is 1.97. The van der Waals surface area contributed by atoms with E-state index in [0.717, 1.165) is 38.4 Å². The van der Waals surface area contributed by atoms with Crippen LogP contribution in [0.1, 0.15) is 25.3 Å². The molecule has 1 heterocycles. The van der Waals surface area contributed by atoms with Crippen molar-refractivity contribution >= 4 is 5.96 Å². The first-order chi connectivity index (χ1) is 10.9. The minimum atomic E-state index is 0.691. The first-order valence-corrected chi connectivity index (χ1v) is 7.77. The Kier molecular flexibility index (Phi) is 6.95. The van der Waals surface area contributed by atoms with Crippen LogP contribution >= 0.6 is 0 Å². The van der Waals surface area contributed by atoms with E-state index in [4.69, 9.17) is 0 Å². The van der Waals surface area contributed by atoms with Crippen molar-refractivity contribution in [1.82, 2.24) is 25.4 Å². The molecule has 0 aliphatic carbocycles. The molecule has 6 nitrogen and oxygen atoms in total. The maximum atomic E-state index is 4.60. The summed E-state index contributed by atoms with van der Waals surface area (Å²) in [6.45, 7) is 5.49. The molecule has 0 unspecified atom stereocenters. The fraction of sp³-hybridized carbons (Fsp3) is 0.438. The molecular weight excluding hydrogens is 276 g/mol. The maximum absolute atomic E-state index is 4.60. The van der Waals surface area contributed by atoms with Gasteiger partial charge in [-0.15, -0.1) is 10.2 Å². The van der Waals surface area contributed by atoms with Gasteiger partial charge in [-0.05, 0) is 25.3 Å². The average Bonchev–Trinajstić information content (AvgIpc) is 3.06. The van der Waals surface area contributed by atoms with Gasteiger partial charge in [-0.25, -0.2) is 4.99 Å². The minimum absolute atomic E-state index is 0.691. The zero-order chi connectivity index (χ0) is 15.5. The molecule has 0 bridgehead atoms. The summed E-state index contributed by atoms with van der Waals surface area (Å²) in [4.78, 5) is 4.60. The van der Waals surface area contributed by atoms with E-state index < -0.39 is 0 Å². The summed E-state index contributed by atoms with van der Waals surface area (Å²) in [6, 6.07) is 10.3. The molecule has 2 N–H and O–H groups in total. The molecule has 0 amide bonds. The molecule has 2 rings (SSSR count). The Morgan fingerprint density at radius 3 is 2.59 bits per heavy atom. The lowest BCUT2D eigenvalue weighted by molar-refractivity contribution is 0.598. The van der Waals surface area contributed by atoms with E-state index in [2.05, 4.69) is 44.9 Å². The summed E-state index contributed by atoms with van der Waals surface area (Å²) in [7, 11) is 0. The van der Waals surface area contributed by atoms with Crippen molar-refractivity contribution in [3.05, 3.63) is 48.5 Å². The van der Waals surface area contributed by atoms with Crippen molar-refractivity contribution in [3.8, 4) is 0 Å². The number of nitrogens with zero attached hydrogens (tertiary/aromatic N) is 4. The van der Waals surface area contributed by atoms with E-state index in [1.165, 1.54) is 5.56 Å². The van der Waals surface area contributed by atoms with Crippen LogP contribution in [0.3, 0.4) is 0 Å². The second kappa shape index (κ2) is 9.55. The number of aliphatic imine (C=N–C) groups is 1. The van der Waals surface area contributed by atoms with Gasteiger partial charge in [-0.2, -0.15) is 0 Å². The molecule has 0 saturated heterocycles. The molecule has 22 heavy (non-hydrogen) atoms. The van der Waals surface area contributed by atoms with E-state index in [1.807, 2.05) is 22.8 Å². The van der Waals surface area contributed by atoms with Gasteiger partial charge in [0.2, 0.25) is 0 Å². The second-order valence-corrected chi connectivity index (χ2v) is 5.01. The van der Waals surface area contributed by atoms with Crippen LogP contribution in [0.4, 0.5) is 0 Å². The van der Waals surface area contributed by atoms with Crippen molar-refractivity contribution in [2.75, 3.05) is 13.1 Å². The molecule has 118 valence electrons. The SMILES string of the molecule is CCNC(=NCc1ccccc1)NCCCCn1cnnc1. The number of hydrogen-bond donors (Lipinski definition) is 2. The summed E-state index contributed by atoms with van der Waals surface area (Å²) < 4.78 is 1.99. The van der Waals surface area contributed by atoms with Crippen molar-refractivity contribution in [3.63, 3.8) is 0 Å². The van der Waals surface area contributed by atoms with Gasteiger partial charge < -0.3 is 15.2 Å². The fourth-order valence-corrected chi connectivity index (χ4v) is 2.06. The van der Waals surface area contributed by atoms with Gasteiger partial charge in [0.1, 0.15) is 12.7 Å². The highest BCUT2D eigenvalue weighted by Crippen LogP contribution is 2.00. The predicted molar refractivity (Wildman–Crippen MR) is 88.5 cm³/mol. The van der Waals surface area contributed by atoms with Crippen LogP contribution in [-0.4, -0.2) is 33.8 Å². The molecule has 1 aromatic heterocycles. The summed E-state index contributed by atoms with van der Waals surface area (Å²) in [5.41, 5.74) is 1.22. The summed E-state index contributed by atoms with van der Waals surface area (Å²) in [6.07, 6.45) is 5.66. The molecule has 0 fully saturated rings. The third-order valence-corrected chi connectivity index (χ3v) is 3.21. The van der Waals surface area contributed by atoms with Crippen LogP contribution in [-0.2, 0) is 13.1 Å². The Morgan fingerprint density at radius 1 is 1.09 bits per heavy atom.